The third-order valence-electron chi connectivity index (χ3n) is 3.44. The predicted molar refractivity (Wildman–Crippen MR) is 99.9 cm³/mol. The summed E-state index contributed by atoms with van der Waals surface area (Å²) >= 11 is 6.00. The molecule has 0 heterocycles. The number of hydrogen-bond donors (Lipinski definition) is 1. The summed E-state index contributed by atoms with van der Waals surface area (Å²) < 4.78 is 29.8. The van der Waals surface area contributed by atoms with Gasteiger partial charge in [-0.1, -0.05) is 29.8 Å². The predicted octanol–water partition coefficient (Wildman–Crippen LogP) is 3.07. The van der Waals surface area contributed by atoms with Crippen molar-refractivity contribution in [3.63, 3.8) is 0 Å². The number of ketones is 1. The van der Waals surface area contributed by atoms with Gasteiger partial charge in [-0.25, -0.2) is 8.42 Å². The highest BCUT2D eigenvalue weighted by atomic mass is 35.5. The van der Waals surface area contributed by atoms with Crippen LogP contribution in [0.25, 0.3) is 0 Å². The van der Waals surface area contributed by atoms with E-state index in [1.54, 1.807) is 24.3 Å². The average molecular weight is 396 g/mol. The zero-order valence-electron chi connectivity index (χ0n) is 14.2. The molecule has 2 aromatic rings. The molecule has 138 valence electrons. The van der Waals surface area contributed by atoms with Crippen molar-refractivity contribution in [1.82, 2.24) is 0 Å². The molecule has 8 heteroatoms. The van der Waals surface area contributed by atoms with Crippen LogP contribution in [-0.2, 0) is 26.0 Å². The number of halogens is 1. The van der Waals surface area contributed by atoms with Gasteiger partial charge in [0.05, 0.1) is 12.7 Å². The van der Waals surface area contributed by atoms with Crippen LogP contribution in [-0.4, -0.2) is 32.5 Å². The molecule has 0 aliphatic rings. The minimum Gasteiger partial charge on any atom is -0.454 e. The van der Waals surface area contributed by atoms with Crippen molar-refractivity contribution in [2.24, 2.45) is 0 Å². The van der Waals surface area contributed by atoms with Crippen molar-refractivity contribution < 1.29 is 22.7 Å². The summed E-state index contributed by atoms with van der Waals surface area (Å²) in [6.07, 6.45) is 0.0277. The first-order valence-corrected chi connectivity index (χ1v) is 9.97. The van der Waals surface area contributed by atoms with Crippen LogP contribution in [0.15, 0.2) is 48.5 Å². The number of carbonyl (C=O) groups is 2. The number of Topliss-reactive ketones (excluding diaryl/α,β-unsaturated/α-hetero) is 1. The van der Waals surface area contributed by atoms with Gasteiger partial charge in [0.25, 0.3) is 0 Å². The number of sulfonamides is 1. The Labute approximate surface area is 157 Å². The maximum absolute atomic E-state index is 12.4. The Balaban J connectivity index is 1.98. The first-order valence-electron chi connectivity index (χ1n) is 7.70. The SMILES string of the molecule is C[C@H](OC(=O)Cc1ccccc1Cl)C(=O)c1ccc(NS(C)(=O)=O)cc1. The van der Waals surface area contributed by atoms with Gasteiger partial charge in [0.2, 0.25) is 15.8 Å². The maximum Gasteiger partial charge on any atom is 0.311 e. The lowest BCUT2D eigenvalue weighted by molar-refractivity contribution is -0.145. The highest BCUT2D eigenvalue weighted by Gasteiger charge is 2.20. The molecule has 0 radical (unpaired) electrons. The molecule has 0 bridgehead atoms. The number of hydrogen-bond acceptors (Lipinski definition) is 5. The number of ether oxygens (including phenoxy) is 1. The van der Waals surface area contributed by atoms with Crippen LogP contribution in [0, 0.1) is 0 Å². The van der Waals surface area contributed by atoms with Gasteiger partial charge in [-0.2, -0.15) is 0 Å². The van der Waals surface area contributed by atoms with Crippen LogP contribution < -0.4 is 4.72 Å². The Kier molecular flexibility index (Phi) is 6.39. The lowest BCUT2D eigenvalue weighted by Gasteiger charge is -2.13. The average Bonchev–Trinajstić information content (AvgIpc) is 2.55. The lowest BCUT2D eigenvalue weighted by Crippen LogP contribution is -2.25. The van der Waals surface area contributed by atoms with E-state index < -0.39 is 22.1 Å². The first kappa shape index (κ1) is 19.9. The highest BCUT2D eigenvalue weighted by Crippen LogP contribution is 2.17. The molecule has 0 fully saturated rings. The summed E-state index contributed by atoms with van der Waals surface area (Å²) in [5, 5.41) is 0.456. The summed E-state index contributed by atoms with van der Waals surface area (Å²) in [5.74, 6) is -0.947. The molecule has 0 saturated carbocycles. The van der Waals surface area contributed by atoms with Gasteiger partial charge in [-0.15, -0.1) is 0 Å². The largest absolute Gasteiger partial charge is 0.454 e. The van der Waals surface area contributed by atoms with E-state index in [0.717, 1.165) is 6.26 Å². The van der Waals surface area contributed by atoms with Gasteiger partial charge in [0.15, 0.2) is 6.10 Å². The molecule has 0 aliphatic heterocycles. The van der Waals surface area contributed by atoms with Gasteiger partial charge in [0.1, 0.15) is 0 Å². The summed E-state index contributed by atoms with van der Waals surface area (Å²) in [6.45, 7) is 1.48. The number of nitrogens with one attached hydrogen (secondary N) is 1. The molecule has 0 spiro atoms. The minimum absolute atomic E-state index is 0.0332. The molecule has 26 heavy (non-hydrogen) atoms. The molecule has 2 rings (SSSR count). The van der Waals surface area contributed by atoms with E-state index in [-0.39, 0.29) is 12.2 Å². The number of anilines is 1. The maximum atomic E-state index is 12.4. The number of rotatable bonds is 7. The Bertz CT molecular complexity index is 909. The fourth-order valence-corrected chi connectivity index (χ4v) is 3.01. The molecular weight excluding hydrogens is 378 g/mol. The quantitative estimate of drug-likeness (QED) is 0.574. The second kappa shape index (κ2) is 8.33. The third-order valence-corrected chi connectivity index (χ3v) is 4.42. The molecule has 1 N–H and O–H groups in total. The fraction of sp³-hybridized carbons (Fsp3) is 0.222. The highest BCUT2D eigenvalue weighted by molar-refractivity contribution is 7.92. The van der Waals surface area contributed by atoms with Crippen molar-refractivity contribution in [3.8, 4) is 0 Å². The third kappa shape index (κ3) is 5.86. The van der Waals surface area contributed by atoms with Crippen LogP contribution in [0.4, 0.5) is 5.69 Å². The second-order valence-corrected chi connectivity index (χ2v) is 7.87. The van der Waals surface area contributed by atoms with E-state index in [2.05, 4.69) is 4.72 Å². The van der Waals surface area contributed by atoms with Gasteiger partial charge in [-0.3, -0.25) is 14.3 Å². The van der Waals surface area contributed by atoms with E-state index in [1.165, 1.54) is 31.2 Å². The summed E-state index contributed by atoms with van der Waals surface area (Å²) in [5.41, 5.74) is 1.27. The van der Waals surface area contributed by atoms with Crippen LogP contribution in [0.5, 0.6) is 0 Å². The smallest absolute Gasteiger partial charge is 0.311 e. The van der Waals surface area contributed by atoms with Crippen molar-refractivity contribution in [3.05, 3.63) is 64.7 Å². The standard InChI is InChI=1S/C18H18ClNO5S/c1-12(25-17(21)11-14-5-3-4-6-16(14)19)18(22)13-7-9-15(10-8-13)20-26(2,23)24/h3-10,12,20H,11H2,1-2H3/t12-/m0/s1. The van der Waals surface area contributed by atoms with Gasteiger partial charge in [0, 0.05) is 16.3 Å². The molecule has 0 unspecified atom stereocenters. The Morgan fingerprint density at radius 1 is 1.12 bits per heavy atom. The van der Waals surface area contributed by atoms with Crippen molar-refractivity contribution in [2.45, 2.75) is 19.4 Å². The Morgan fingerprint density at radius 2 is 1.73 bits per heavy atom. The normalized spacial score (nSPS) is 12.3. The molecule has 2 aromatic carbocycles. The fourth-order valence-electron chi connectivity index (χ4n) is 2.24. The topological polar surface area (TPSA) is 89.5 Å². The number of carbonyl (C=O) groups excluding carboxylic acids is 2. The second-order valence-electron chi connectivity index (χ2n) is 5.72. The molecule has 6 nitrogen and oxygen atoms in total. The summed E-state index contributed by atoms with van der Waals surface area (Å²) in [6, 6.07) is 12.8. The number of esters is 1. The molecule has 0 saturated heterocycles. The van der Waals surface area contributed by atoms with Crippen molar-refractivity contribution in [1.29, 1.82) is 0 Å². The molecule has 0 amide bonds. The number of benzene rings is 2. The summed E-state index contributed by atoms with van der Waals surface area (Å²) in [4.78, 5) is 24.4. The van der Waals surface area contributed by atoms with Crippen LogP contribution >= 0.6 is 11.6 Å². The van der Waals surface area contributed by atoms with E-state index in [9.17, 15) is 18.0 Å². The van der Waals surface area contributed by atoms with Gasteiger partial charge < -0.3 is 4.74 Å². The van der Waals surface area contributed by atoms with E-state index in [1.807, 2.05) is 0 Å². The van der Waals surface area contributed by atoms with Crippen LogP contribution in [0.3, 0.4) is 0 Å². The van der Waals surface area contributed by atoms with Crippen molar-refractivity contribution >= 4 is 39.1 Å². The first-order chi connectivity index (χ1) is 12.2. The van der Waals surface area contributed by atoms with E-state index in [4.69, 9.17) is 16.3 Å². The lowest BCUT2D eigenvalue weighted by atomic mass is 10.1. The Hall–Kier alpha value is -2.38. The Morgan fingerprint density at radius 3 is 2.31 bits per heavy atom. The molecular formula is C18H18ClNO5S. The monoisotopic (exact) mass is 395 g/mol. The minimum atomic E-state index is -3.39. The molecule has 0 aromatic heterocycles. The van der Waals surface area contributed by atoms with Crippen molar-refractivity contribution in [2.75, 3.05) is 11.0 Å². The van der Waals surface area contributed by atoms with E-state index >= 15 is 0 Å². The summed E-state index contributed by atoms with van der Waals surface area (Å²) in [7, 11) is -3.39. The van der Waals surface area contributed by atoms with Crippen LogP contribution in [0.1, 0.15) is 22.8 Å². The van der Waals surface area contributed by atoms with Gasteiger partial charge in [-0.05, 0) is 42.8 Å². The van der Waals surface area contributed by atoms with Crippen LogP contribution in [0.2, 0.25) is 5.02 Å². The molecule has 1 atom stereocenters. The zero-order valence-corrected chi connectivity index (χ0v) is 15.8. The zero-order chi connectivity index (χ0) is 19.3. The van der Waals surface area contributed by atoms with Gasteiger partial charge >= 0.3 is 5.97 Å². The van der Waals surface area contributed by atoms with E-state index in [0.29, 0.717) is 21.8 Å². The molecule has 0 aliphatic carbocycles.